The highest BCUT2D eigenvalue weighted by atomic mass is 35.5. The predicted molar refractivity (Wildman–Crippen MR) is 94.1 cm³/mol. The Morgan fingerprint density at radius 2 is 1.86 bits per heavy atom. The number of nitrogens with zero attached hydrogens (tertiary/aromatic N) is 1. The highest BCUT2D eigenvalue weighted by molar-refractivity contribution is 5.85. The van der Waals surface area contributed by atoms with Crippen molar-refractivity contribution < 1.29 is 9.13 Å². The summed E-state index contributed by atoms with van der Waals surface area (Å²) in [6, 6.07) is 5.19. The average molecular weight is 353 g/mol. The van der Waals surface area contributed by atoms with Crippen LogP contribution in [0.3, 0.4) is 0 Å². The molecule has 6 heteroatoms. The molecule has 0 spiro atoms. The van der Waals surface area contributed by atoms with Gasteiger partial charge in [0.2, 0.25) is 0 Å². The fourth-order valence-electron chi connectivity index (χ4n) is 2.91. The van der Waals surface area contributed by atoms with Crippen molar-refractivity contribution in [1.82, 2.24) is 10.2 Å². The molecule has 1 N–H and O–H groups in total. The molecule has 1 atom stereocenters. The van der Waals surface area contributed by atoms with Crippen molar-refractivity contribution >= 4 is 24.8 Å². The molecule has 0 aliphatic carbocycles. The lowest BCUT2D eigenvalue weighted by molar-refractivity contribution is 0.148. The summed E-state index contributed by atoms with van der Waals surface area (Å²) in [6.07, 6.45) is 0.942. The minimum absolute atomic E-state index is 0. The summed E-state index contributed by atoms with van der Waals surface area (Å²) in [5.41, 5.74) is 0.714. The molecule has 1 heterocycles. The molecule has 0 radical (unpaired) electrons. The van der Waals surface area contributed by atoms with Gasteiger partial charge in [0.15, 0.2) is 0 Å². The molecule has 1 aliphatic heterocycles. The number of piperazine rings is 1. The van der Waals surface area contributed by atoms with Crippen molar-refractivity contribution in [3.05, 3.63) is 29.6 Å². The van der Waals surface area contributed by atoms with E-state index in [1.54, 1.807) is 13.2 Å². The van der Waals surface area contributed by atoms with Crippen molar-refractivity contribution in [2.45, 2.75) is 26.3 Å². The van der Waals surface area contributed by atoms with Gasteiger partial charge >= 0.3 is 0 Å². The number of ether oxygens (including phenoxy) is 1. The first-order valence-corrected chi connectivity index (χ1v) is 7.40. The van der Waals surface area contributed by atoms with E-state index in [-0.39, 0.29) is 36.7 Å². The topological polar surface area (TPSA) is 24.5 Å². The Morgan fingerprint density at radius 1 is 1.23 bits per heavy atom. The molecule has 0 bridgehead atoms. The Morgan fingerprint density at radius 3 is 2.41 bits per heavy atom. The Bertz CT molecular complexity index is 440. The van der Waals surface area contributed by atoms with Crippen LogP contribution in [0.2, 0.25) is 0 Å². The third kappa shape index (κ3) is 5.27. The smallest absolute Gasteiger partial charge is 0.131 e. The van der Waals surface area contributed by atoms with E-state index in [4.69, 9.17) is 4.74 Å². The van der Waals surface area contributed by atoms with Crippen LogP contribution in [0.5, 0.6) is 5.75 Å². The molecule has 0 aromatic heterocycles. The Labute approximate surface area is 145 Å². The van der Waals surface area contributed by atoms with Gasteiger partial charge in [-0.05, 0) is 24.5 Å². The minimum atomic E-state index is -0.159. The van der Waals surface area contributed by atoms with Crippen LogP contribution in [0.1, 0.15) is 31.9 Å². The molecule has 128 valence electrons. The van der Waals surface area contributed by atoms with Gasteiger partial charge in [0.25, 0.3) is 0 Å². The number of nitrogens with one attached hydrogen (secondary N) is 1. The van der Waals surface area contributed by atoms with Gasteiger partial charge in [0, 0.05) is 37.8 Å². The van der Waals surface area contributed by atoms with Crippen LogP contribution in [-0.2, 0) is 0 Å². The van der Waals surface area contributed by atoms with E-state index < -0.39 is 0 Å². The van der Waals surface area contributed by atoms with Gasteiger partial charge < -0.3 is 10.1 Å². The van der Waals surface area contributed by atoms with Gasteiger partial charge in [0.05, 0.1) is 7.11 Å². The van der Waals surface area contributed by atoms with E-state index in [2.05, 4.69) is 24.1 Å². The zero-order chi connectivity index (χ0) is 14.5. The molecule has 22 heavy (non-hydrogen) atoms. The summed E-state index contributed by atoms with van der Waals surface area (Å²) in [7, 11) is 1.61. The average Bonchev–Trinajstić information content (AvgIpc) is 2.45. The molecule has 0 saturated carbocycles. The molecular formula is C16H27Cl2FN2O. The van der Waals surface area contributed by atoms with Crippen LogP contribution >= 0.6 is 24.8 Å². The SMILES string of the molecule is COc1cccc(F)c1[C@H](CC(C)C)N1CCNCC1.Cl.Cl. The van der Waals surface area contributed by atoms with Gasteiger partial charge in [0.1, 0.15) is 11.6 Å². The number of methoxy groups -OCH3 is 1. The maximum atomic E-state index is 14.4. The van der Waals surface area contributed by atoms with Gasteiger partial charge in [-0.1, -0.05) is 19.9 Å². The number of hydrogen-bond acceptors (Lipinski definition) is 3. The van der Waals surface area contributed by atoms with E-state index in [9.17, 15) is 4.39 Å². The standard InChI is InChI=1S/C16H25FN2O.2ClH/c1-12(2)11-14(19-9-7-18-8-10-19)16-13(17)5-4-6-15(16)20-3;;/h4-6,12,14,18H,7-11H2,1-3H3;2*1H/t14-;;/m0../s1. The van der Waals surface area contributed by atoms with Crippen molar-refractivity contribution in [3.8, 4) is 5.75 Å². The van der Waals surface area contributed by atoms with Gasteiger partial charge in [-0.15, -0.1) is 24.8 Å². The second-order valence-electron chi connectivity index (χ2n) is 5.79. The zero-order valence-corrected chi connectivity index (χ0v) is 15.1. The second-order valence-corrected chi connectivity index (χ2v) is 5.79. The number of rotatable bonds is 5. The highest BCUT2D eigenvalue weighted by Gasteiger charge is 2.28. The van der Waals surface area contributed by atoms with Crippen molar-refractivity contribution in [3.63, 3.8) is 0 Å². The fourth-order valence-corrected chi connectivity index (χ4v) is 2.91. The minimum Gasteiger partial charge on any atom is -0.496 e. The van der Waals surface area contributed by atoms with Crippen LogP contribution in [-0.4, -0.2) is 38.2 Å². The first-order chi connectivity index (χ1) is 9.63. The summed E-state index contributed by atoms with van der Waals surface area (Å²) in [6.45, 7) is 8.20. The van der Waals surface area contributed by atoms with Crippen molar-refractivity contribution in [1.29, 1.82) is 0 Å². The van der Waals surface area contributed by atoms with Crippen molar-refractivity contribution in [2.75, 3.05) is 33.3 Å². The Balaban J connectivity index is 0.00000220. The number of halogens is 3. The van der Waals surface area contributed by atoms with Gasteiger partial charge in [-0.25, -0.2) is 4.39 Å². The summed E-state index contributed by atoms with van der Waals surface area (Å²) >= 11 is 0. The van der Waals surface area contributed by atoms with Crippen LogP contribution in [0, 0.1) is 11.7 Å². The van der Waals surface area contributed by atoms with E-state index in [0.717, 1.165) is 32.6 Å². The largest absolute Gasteiger partial charge is 0.496 e. The molecule has 1 aliphatic rings. The summed E-state index contributed by atoms with van der Waals surface area (Å²) in [5.74, 6) is 1.02. The maximum Gasteiger partial charge on any atom is 0.131 e. The molecule has 1 fully saturated rings. The van der Waals surface area contributed by atoms with Crippen LogP contribution < -0.4 is 10.1 Å². The van der Waals surface area contributed by atoms with E-state index in [1.165, 1.54) is 6.07 Å². The third-order valence-corrected chi connectivity index (χ3v) is 3.85. The normalized spacial score (nSPS) is 16.6. The van der Waals surface area contributed by atoms with Crippen LogP contribution in [0.25, 0.3) is 0 Å². The molecule has 0 unspecified atom stereocenters. The predicted octanol–water partition coefficient (Wildman–Crippen LogP) is 3.67. The first-order valence-electron chi connectivity index (χ1n) is 7.40. The lowest BCUT2D eigenvalue weighted by Gasteiger charge is -2.36. The second kappa shape index (κ2) is 10.3. The molecule has 3 nitrogen and oxygen atoms in total. The molecule has 1 aromatic rings. The highest BCUT2D eigenvalue weighted by Crippen LogP contribution is 2.36. The van der Waals surface area contributed by atoms with Crippen LogP contribution in [0.15, 0.2) is 18.2 Å². The van der Waals surface area contributed by atoms with Crippen LogP contribution in [0.4, 0.5) is 4.39 Å². The molecule has 1 saturated heterocycles. The summed E-state index contributed by atoms with van der Waals surface area (Å²) in [5, 5.41) is 3.35. The Hall–Kier alpha value is -0.550. The summed E-state index contributed by atoms with van der Waals surface area (Å²) in [4.78, 5) is 2.37. The van der Waals surface area contributed by atoms with Gasteiger partial charge in [-0.2, -0.15) is 0 Å². The molecule has 0 amide bonds. The Kier molecular flexibility index (Phi) is 10.0. The monoisotopic (exact) mass is 352 g/mol. The first kappa shape index (κ1) is 21.4. The van der Waals surface area contributed by atoms with E-state index >= 15 is 0 Å². The van der Waals surface area contributed by atoms with E-state index in [0.29, 0.717) is 17.2 Å². The number of hydrogen-bond donors (Lipinski definition) is 1. The quantitative estimate of drug-likeness (QED) is 0.874. The third-order valence-electron chi connectivity index (χ3n) is 3.85. The fraction of sp³-hybridized carbons (Fsp3) is 0.625. The number of benzene rings is 1. The maximum absolute atomic E-state index is 14.4. The van der Waals surface area contributed by atoms with Crippen molar-refractivity contribution in [2.24, 2.45) is 5.92 Å². The summed E-state index contributed by atoms with van der Waals surface area (Å²) < 4.78 is 19.8. The van der Waals surface area contributed by atoms with Gasteiger partial charge in [-0.3, -0.25) is 4.90 Å². The lowest BCUT2D eigenvalue weighted by atomic mass is 9.94. The zero-order valence-electron chi connectivity index (χ0n) is 13.5. The molecule has 1 aromatic carbocycles. The molecule has 2 rings (SSSR count). The van der Waals surface area contributed by atoms with E-state index in [1.807, 2.05) is 6.07 Å². The lowest BCUT2D eigenvalue weighted by Crippen LogP contribution is -2.45. The molecular weight excluding hydrogens is 326 g/mol.